The normalized spacial score (nSPS) is 12.8. The van der Waals surface area contributed by atoms with Crippen LogP contribution in [0.4, 0.5) is 13.2 Å². The molecule has 0 spiro atoms. The molecule has 36 heavy (non-hydrogen) atoms. The van der Waals surface area contributed by atoms with Crippen LogP contribution in [-0.2, 0) is 37.6 Å². The van der Waals surface area contributed by atoms with E-state index in [0.29, 0.717) is 12.2 Å². The summed E-state index contributed by atoms with van der Waals surface area (Å²) in [6.07, 6.45) is -6.12. The van der Waals surface area contributed by atoms with E-state index in [1.165, 1.54) is 12.1 Å². The van der Waals surface area contributed by atoms with Crippen molar-refractivity contribution in [1.82, 2.24) is 5.32 Å². The highest BCUT2D eigenvalue weighted by Crippen LogP contribution is 2.21. The zero-order valence-corrected chi connectivity index (χ0v) is 21.2. The molecule has 0 aliphatic rings. The van der Waals surface area contributed by atoms with Crippen molar-refractivity contribution in [2.75, 3.05) is 0 Å². The topological polar surface area (TPSA) is 136 Å². The second-order valence-corrected chi connectivity index (χ2v) is 10.4. The van der Waals surface area contributed by atoms with E-state index in [-0.39, 0.29) is 17.0 Å². The second-order valence-electron chi connectivity index (χ2n) is 8.98. The van der Waals surface area contributed by atoms with Crippen molar-refractivity contribution in [3.8, 4) is 0 Å². The zero-order chi connectivity index (χ0) is 27.7. The fraction of sp³-hybridized carbons (Fsp3) is 0.417. The number of carbonyl (C=O) groups is 2. The van der Waals surface area contributed by atoms with Gasteiger partial charge in [-0.25, -0.2) is 0 Å². The first-order chi connectivity index (χ1) is 16.4. The van der Waals surface area contributed by atoms with Crippen molar-refractivity contribution in [1.29, 1.82) is 0 Å². The van der Waals surface area contributed by atoms with E-state index >= 15 is 0 Å². The Morgan fingerprint density at radius 1 is 1.00 bits per heavy atom. The Labute approximate surface area is 208 Å². The lowest BCUT2D eigenvalue weighted by atomic mass is 10.1. The van der Waals surface area contributed by atoms with E-state index in [1.807, 2.05) is 39.8 Å². The molecule has 0 aromatic heterocycles. The molecule has 2 aromatic rings. The number of aryl methyl sites for hydroxylation is 1. The Morgan fingerprint density at radius 3 is 1.94 bits per heavy atom. The summed E-state index contributed by atoms with van der Waals surface area (Å²) in [4.78, 5) is 23.1. The van der Waals surface area contributed by atoms with Crippen molar-refractivity contribution < 1.29 is 40.5 Å². The van der Waals surface area contributed by atoms with Crippen LogP contribution in [0.15, 0.2) is 53.4 Å². The van der Waals surface area contributed by atoms with Gasteiger partial charge in [0.25, 0.3) is 16.0 Å². The van der Waals surface area contributed by atoms with Crippen LogP contribution in [0.5, 0.6) is 0 Å². The molecule has 200 valence electrons. The Bertz CT molecular complexity index is 1110. The fourth-order valence-corrected chi connectivity index (χ4v) is 3.02. The molecule has 12 heteroatoms. The highest BCUT2D eigenvalue weighted by Gasteiger charge is 2.35. The first-order valence-corrected chi connectivity index (χ1v) is 12.2. The van der Waals surface area contributed by atoms with Crippen LogP contribution < -0.4 is 11.1 Å². The smallest absolute Gasteiger partial charge is 0.371 e. The summed E-state index contributed by atoms with van der Waals surface area (Å²) < 4.78 is 71.7. The number of rotatable bonds is 8. The largest absolute Gasteiger partial charge is 0.391 e. The number of hydrogen-bond donors (Lipinski definition) is 3. The number of amides is 1. The number of benzene rings is 2. The van der Waals surface area contributed by atoms with Gasteiger partial charge in [0, 0.05) is 6.54 Å². The monoisotopic (exact) mass is 532 g/mol. The van der Waals surface area contributed by atoms with Crippen LogP contribution in [-0.4, -0.2) is 42.5 Å². The van der Waals surface area contributed by atoms with Gasteiger partial charge in [0.1, 0.15) is 0 Å². The SMILES string of the molecule is CC(C)(C)OCc1ccc(CNC(=O)C(=O)C(N)CC(F)(F)F)cc1.Cc1ccc(S(=O)(=O)O)cc1. The summed E-state index contributed by atoms with van der Waals surface area (Å²) in [6.45, 7) is 8.12. The van der Waals surface area contributed by atoms with Gasteiger partial charge in [0.05, 0.1) is 29.6 Å². The minimum Gasteiger partial charge on any atom is -0.371 e. The van der Waals surface area contributed by atoms with E-state index in [1.54, 1.807) is 24.3 Å². The van der Waals surface area contributed by atoms with Gasteiger partial charge in [-0.15, -0.1) is 0 Å². The lowest BCUT2D eigenvalue weighted by Crippen LogP contribution is -2.44. The number of nitrogens with two attached hydrogens (primary N) is 1. The molecule has 0 aliphatic carbocycles. The lowest BCUT2D eigenvalue weighted by molar-refractivity contribution is -0.150. The van der Waals surface area contributed by atoms with Gasteiger partial charge in [-0.2, -0.15) is 21.6 Å². The summed E-state index contributed by atoms with van der Waals surface area (Å²) in [5, 5.41) is 2.27. The fourth-order valence-electron chi connectivity index (χ4n) is 2.54. The zero-order valence-electron chi connectivity index (χ0n) is 20.4. The van der Waals surface area contributed by atoms with Crippen LogP contribution >= 0.6 is 0 Å². The number of nitrogens with one attached hydrogen (secondary N) is 1. The molecule has 0 aliphatic heterocycles. The van der Waals surface area contributed by atoms with Crippen LogP contribution in [0.3, 0.4) is 0 Å². The van der Waals surface area contributed by atoms with Gasteiger partial charge < -0.3 is 15.8 Å². The van der Waals surface area contributed by atoms with Gasteiger partial charge >= 0.3 is 6.18 Å². The van der Waals surface area contributed by atoms with Gasteiger partial charge in [0.2, 0.25) is 5.78 Å². The third-order valence-corrected chi connectivity index (χ3v) is 5.35. The number of halogens is 3. The van der Waals surface area contributed by atoms with E-state index in [2.05, 4.69) is 5.32 Å². The Balaban J connectivity index is 0.000000488. The highest BCUT2D eigenvalue weighted by molar-refractivity contribution is 7.85. The number of alkyl halides is 3. The maximum Gasteiger partial charge on any atom is 0.391 e. The summed E-state index contributed by atoms with van der Waals surface area (Å²) in [5.74, 6) is -2.41. The number of Topliss-reactive ketones (excluding diaryl/α,β-unsaturated/α-hetero) is 1. The molecule has 0 heterocycles. The molecule has 2 aromatic carbocycles. The first-order valence-electron chi connectivity index (χ1n) is 10.8. The third-order valence-electron chi connectivity index (χ3n) is 4.48. The second kappa shape index (κ2) is 12.9. The maximum atomic E-state index is 12.2. The molecular formula is C24H31F3N2O6S. The van der Waals surface area contributed by atoms with Gasteiger partial charge in [-0.3, -0.25) is 14.1 Å². The maximum absolute atomic E-state index is 12.2. The summed E-state index contributed by atoms with van der Waals surface area (Å²) in [6, 6.07) is 11.2. The molecule has 0 saturated heterocycles. The molecule has 1 atom stereocenters. The van der Waals surface area contributed by atoms with Crippen molar-refractivity contribution in [3.05, 3.63) is 65.2 Å². The molecule has 4 N–H and O–H groups in total. The molecule has 0 bridgehead atoms. The lowest BCUT2D eigenvalue weighted by Gasteiger charge is -2.19. The molecule has 8 nitrogen and oxygen atoms in total. The molecule has 0 fully saturated rings. The van der Waals surface area contributed by atoms with Crippen molar-refractivity contribution in [2.24, 2.45) is 5.73 Å². The highest BCUT2D eigenvalue weighted by atomic mass is 32.2. The minimum atomic E-state index is -4.60. The van der Waals surface area contributed by atoms with E-state index in [9.17, 15) is 31.2 Å². The molecule has 0 radical (unpaired) electrons. The van der Waals surface area contributed by atoms with E-state index in [4.69, 9.17) is 15.0 Å². The average molecular weight is 533 g/mol. The Hall–Kier alpha value is -2.80. The van der Waals surface area contributed by atoms with Gasteiger partial charge in [0.15, 0.2) is 0 Å². The molecule has 2 rings (SSSR count). The molecular weight excluding hydrogens is 501 g/mol. The van der Waals surface area contributed by atoms with Crippen molar-refractivity contribution in [3.63, 3.8) is 0 Å². The Kier molecular flexibility index (Phi) is 11.2. The summed E-state index contributed by atoms with van der Waals surface area (Å²) in [5.41, 5.74) is 7.45. The third kappa shape index (κ3) is 12.8. The number of ether oxygens (including phenoxy) is 1. The molecule has 1 unspecified atom stereocenters. The molecule has 0 saturated carbocycles. The predicted molar refractivity (Wildman–Crippen MR) is 127 cm³/mol. The first kappa shape index (κ1) is 31.2. The van der Waals surface area contributed by atoms with Crippen LogP contribution in [0.25, 0.3) is 0 Å². The predicted octanol–water partition coefficient (Wildman–Crippen LogP) is 3.71. The summed E-state index contributed by atoms with van der Waals surface area (Å²) >= 11 is 0. The Morgan fingerprint density at radius 2 is 1.50 bits per heavy atom. The van der Waals surface area contributed by atoms with Gasteiger partial charge in [-0.05, 0) is 51.0 Å². The number of hydrogen-bond acceptors (Lipinski definition) is 6. The average Bonchev–Trinajstić information content (AvgIpc) is 2.74. The van der Waals surface area contributed by atoms with Crippen molar-refractivity contribution >= 4 is 21.8 Å². The number of ketones is 1. The van der Waals surface area contributed by atoms with Crippen LogP contribution in [0.2, 0.25) is 0 Å². The van der Waals surface area contributed by atoms with E-state index in [0.717, 1.165) is 11.1 Å². The van der Waals surface area contributed by atoms with Gasteiger partial charge in [-0.1, -0.05) is 42.0 Å². The number of carbonyl (C=O) groups excluding carboxylic acids is 2. The quantitative estimate of drug-likeness (QED) is 0.348. The minimum absolute atomic E-state index is 0.0176. The summed E-state index contributed by atoms with van der Waals surface area (Å²) in [7, 11) is -4.02. The van der Waals surface area contributed by atoms with Crippen molar-refractivity contribution in [2.45, 2.75) is 70.0 Å². The van der Waals surface area contributed by atoms with Crippen LogP contribution in [0.1, 0.15) is 43.9 Å². The standard InChI is InChI=1S/C17H23F3N2O3.C7H8O3S/c1-16(2,3)25-10-12-6-4-11(5-7-12)9-22-15(24)14(23)13(21)8-17(18,19)20;1-6-2-4-7(5-3-6)11(8,9)10/h4-7,13H,8-10,21H2,1-3H3,(H,22,24);2-5H,1H3,(H,8,9,10). The molecule has 1 amide bonds. The van der Waals surface area contributed by atoms with Crippen LogP contribution in [0, 0.1) is 6.92 Å². The van der Waals surface area contributed by atoms with E-state index < -0.39 is 40.4 Å².